The molecule has 1 aliphatic heterocycles. The fraction of sp³-hybridized carbons (Fsp3) is 0.312. The molecule has 1 aromatic heterocycles. The van der Waals surface area contributed by atoms with Crippen molar-refractivity contribution in [3.05, 3.63) is 133 Å². The van der Waals surface area contributed by atoms with E-state index in [2.05, 4.69) is 0 Å². The Kier molecular flexibility index (Phi) is 9.02. The molecule has 0 aliphatic carbocycles. The van der Waals surface area contributed by atoms with Crippen molar-refractivity contribution in [3.63, 3.8) is 0 Å². The smallest absolute Gasteiger partial charge is 0.363 e. The molecule has 2 N–H and O–H groups in total. The van der Waals surface area contributed by atoms with Crippen molar-refractivity contribution in [2.24, 2.45) is 5.73 Å². The number of alkyl halides is 3. The highest BCUT2D eigenvalue weighted by Crippen LogP contribution is 2.32. The third kappa shape index (κ3) is 6.46. The Hall–Kier alpha value is -4.29. The zero-order chi connectivity index (χ0) is 31.6. The Labute approximate surface area is 250 Å². The normalized spacial score (nSPS) is 15.0. The number of nitrogens with zero attached hydrogens (tertiary/aromatic N) is 4. The lowest BCUT2D eigenvalue weighted by molar-refractivity contribution is -0.138. The van der Waals surface area contributed by atoms with Gasteiger partial charge in [-0.1, -0.05) is 54.6 Å². The largest absolute Gasteiger partial charge is 0.416 e. The van der Waals surface area contributed by atoms with Gasteiger partial charge in [0.15, 0.2) is 0 Å². The molecule has 44 heavy (non-hydrogen) atoms. The second kappa shape index (κ2) is 12.7. The van der Waals surface area contributed by atoms with Gasteiger partial charge in [-0.15, -0.1) is 0 Å². The molecule has 3 aromatic carbocycles. The standard InChI is InChI=1S/C32H32F5N5O2/c1-21-29(40-16-14-39(15-17-40)18-23-10-5-6-11-25(23)32(35,36)37)30(43)42(20-28(38)22-8-3-2-4-9-22)31(44)41(21)19-24-26(33)12-7-13-27(24)34/h2-13,28H,14-20,38H2,1H3. The second-order valence-electron chi connectivity index (χ2n) is 10.9. The van der Waals surface area contributed by atoms with Crippen molar-refractivity contribution in [1.82, 2.24) is 14.0 Å². The van der Waals surface area contributed by atoms with Crippen LogP contribution in [0.15, 0.2) is 82.4 Å². The predicted molar refractivity (Wildman–Crippen MR) is 157 cm³/mol. The van der Waals surface area contributed by atoms with E-state index >= 15 is 0 Å². The number of nitrogens with two attached hydrogens (primary N) is 1. The van der Waals surface area contributed by atoms with Crippen LogP contribution in [-0.2, 0) is 25.8 Å². The first kappa shape index (κ1) is 31.1. The van der Waals surface area contributed by atoms with E-state index in [1.165, 1.54) is 22.8 Å². The number of hydrogen-bond donors (Lipinski definition) is 1. The fourth-order valence-corrected chi connectivity index (χ4v) is 5.65. The van der Waals surface area contributed by atoms with Crippen LogP contribution in [0.3, 0.4) is 0 Å². The van der Waals surface area contributed by atoms with Crippen LogP contribution in [0.2, 0.25) is 0 Å². The molecule has 4 aromatic rings. The van der Waals surface area contributed by atoms with Crippen molar-refractivity contribution in [1.29, 1.82) is 0 Å². The highest BCUT2D eigenvalue weighted by Gasteiger charge is 2.34. The van der Waals surface area contributed by atoms with Gasteiger partial charge in [-0.05, 0) is 36.2 Å². The van der Waals surface area contributed by atoms with Crippen LogP contribution in [0.1, 0.15) is 34.0 Å². The van der Waals surface area contributed by atoms with E-state index in [4.69, 9.17) is 5.73 Å². The number of benzene rings is 3. The Morgan fingerprint density at radius 3 is 2.05 bits per heavy atom. The second-order valence-corrected chi connectivity index (χ2v) is 10.9. The van der Waals surface area contributed by atoms with Gasteiger partial charge < -0.3 is 10.6 Å². The summed E-state index contributed by atoms with van der Waals surface area (Å²) in [6.07, 6.45) is -4.48. The van der Waals surface area contributed by atoms with Crippen LogP contribution in [0.5, 0.6) is 0 Å². The maximum absolute atomic E-state index is 14.7. The molecule has 12 heteroatoms. The predicted octanol–water partition coefficient (Wildman–Crippen LogP) is 4.69. The number of hydrogen-bond acceptors (Lipinski definition) is 5. The summed E-state index contributed by atoms with van der Waals surface area (Å²) in [5.74, 6) is -1.66. The third-order valence-electron chi connectivity index (χ3n) is 8.05. The number of aromatic nitrogens is 2. The highest BCUT2D eigenvalue weighted by molar-refractivity contribution is 5.50. The van der Waals surface area contributed by atoms with E-state index in [0.717, 1.165) is 22.8 Å². The van der Waals surface area contributed by atoms with Crippen molar-refractivity contribution < 1.29 is 22.0 Å². The highest BCUT2D eigenvalue weighted by atomic mass is 19.4. The minimum Gasteiger partial charge on any atom is -0.363 e. The molecular weight excluding hydrogens is 581 g/mol. The van der Waals surface area contributed by atoms with Gasteiger partial charge in [0, 0.05) is 50.0 Å². The maximum atomic E-state index is 14.7. The van der Waals surface area contributed by atoms with Gasteiger partial charge in [0.05, 0.1) is 18.7 Å². The minimum absolute atomic E-state index is 0.0741. The summed E-state index contributed by atoms with van der Waals surface area (Å²) in [6.45, 7) is 2.23. The Morgan fingerprint density at radius 2 is 1.41 bits per heavy atom. The molecule has 1 unspecified atom stereocenters. The summed E-state index contributed by atoms with van der Waals surface area (Å²) < 4.78 is 72.1. The van der Waals surface area contributed by atoms with Gasteiger partial charge in [-0.2, -0.15) is 13.2 Å². The molecule has 232 valence electrons. The van der Waals surface area contributed by atoms with Crippen LogP contribution in [0.4, 0.5) is 27.6 Å². The molecule has 0 amide bonds. The Morgan fingerprint density at radius 1 is 0.795 bits per heavy atom. The molecule has 0 spiro atoms. The first-order valence-electron chi connectivity index (χ1n) is 14.2. The first-order valence-corrected chi connectivity index (χ1v) is 14.2. The average molecular weight is 614 g/mol. The van der Waals surface area contributed by atoms with Gasteiger partial charge in [-0.25, -0.2) is 13.6 Å². The topological polar surface area (TPSA) is 76.5 Å². The zero-order valence-corrected chi connectivity index (χ0v) is 24.0. The van der Waals surface area contributed by atoms with Gasteiger partial charge >= 0.3 is 11.9 Å². The van der Waals surface area contributed by atoms with Crippen molar-refractivity contribution >= 4 is 5.69 Å². The van der Waals surface area contributed by atoms with E-state index < -0.39 is 47.2 Å². The molecule has 5 rings (SSSR count). The summed E-state index contributed by atoms with van der Waals surface area (Å²) in [5, 5.41) is 0. The molecule has 2 heterocycles. The number of anilines is 1. The molecule has 7 nitrogen and oxygen atoms in total. The van der Waals surface area contributed by atoms with Gasteiger partial charge in [0.25, 0.3) is 5.56 Å². The van der Waals surface area contributed by atoms with E-state index in [1.807, 2.05) is 11.0 Å². The number of rotatable bonds is 8. The lowest BCUT2D eigenvalue weighted by Crippen LogP contribution is -2.51. The Bertz CT molecular complexity index is 1720. The molecule has 1 fully saturated rings. The summed E-state index contributed by atoms with van der Waals surface area (Å²) in [5.41, 5.74) is 5.27. The summed E-state index contributed by atoms with van der Waals surface area (Å²) >= 11 is 0. The van der Waals surface area contributed by atoms with E-state index in [1.54, 1.807) is 42.2 Å². The average Bonchev–Trinajstić information content (AvgIpc) is 3.00. The third-order valence-corrected chi connectivity index (χ3v) is 8.05. The zero-order valence-electron chi connectivity index (χ0n) is 24.0. The Balaban J connectivity index is 1.48. The fourth-order valence-electron chi connectivity index (χ4n) is 5.65. The lowest BCUT2D eigenvalue weighted by Gasteiger charge is -2.37. The molecule has 0 bridgehead atoms. The SMILES string of the molecule is Cc1c(N2CCN(Cc3ccccc3C(F)(F)F)CC2)c(=O)n(CC(N)c2ccccc2)c(=O)n1Cc1c(F)cccc1F. The molecule has 1 aliphatic rings. The van der Waals surface area contributed by atoms with E-state index in [9.17, 15) is 31.5 Å². The van der Waals surface area contributed by atoms with Gasteiger partial charge in [0.1, 0.15) is 17.3 Å². The monoisotopic (exact) mass is 613 g/mol. The summed E-state index contributed by atoms with van der Waals surface area (Å²) in [7, 11) is 0. The van der Waals surface area contributed by atoms with Crippen LogP contribution in [-0.4, -0.2) is 40.2 Å². The minimum atomic E-state index is -4.48. The maximum Gasteiger partial charge on any atom is 0.416 e. The molecule has 0 radical (unpaired) electrons. The number of halogens is 5. The van der Waals surface area contributed by atoms with Crippen LogP contribution in [0, 0.1) is 18.6 Å². The van der Waals surface area contributed by atoms with Crippen LogP contribution in [0.25, 0.3) is 0 Å². The summed E-state index contributed by atoms with van der Waals surface area (Å²) in [4.78, 5) is 31.3. The number of piperazine rings is 1. The van der Waals surface area contributed by atoms with Crippen LogP contribution < -0.4 is 21.9 Å². The lowest BCUT2D eigenvalue weighted by atomic mass is 10.1. The van der Waals surface area contributed by atoms with Crippen molar-refractivity contribution in [2.75, 3.05) is 31.1 Å². The molecule has 0 saturated carbocycles. The van der Waals surface area contributed by atoms with Gasteiger partial charge in [-0.3, -0.25) is 18.8 Å². The van der Waals surface area contributed by atoms with Gasteiger partial charge in [0.2, 0.25) is 0 Å². The van der Waals surface area contributed by atoms with Crippen LogP contribution >= 0.6 is 0 Å². The first-order chi connectivity index (χ1) is 21.0. The quantitative estimate of drug-likeness (QED) is 0.292. The van der Waals surface area contributed by atoms with Crippen molar-refractivity contribution in [3.8, 4) is 0 Å². The summed E-state index contributed by atoms with van der Waals surface area (Å²) in [6, 6.07) is 17.0. The van der Waals surface area contributed by atoms with E-state index in [0.29, 0.717) is 18.7 Å². The van der Waals surface area contributed by atoms with Crippen molar-refractivity contribution in [2.45, 2.75) is 38.8 Å². The molecule has 1 atom stereocenters. The molecule has 1 saturated heterocycles. The van der Waals surface area contributed by atoms with E-state index in [-0.39, 0.29) is 48.7 Å². The molecular formula is C32H32F5N5O2.